The molecular weight excluding hydrogens is 255 g/mol. The van der Waals surface area contributed by atoms with Gasteiger partial charge in [0, 0.05) is 13.1 Å². The first-order valence-corrected chi connectivity index (χ1v) is 7.65. The van der Waals surface area contributed by atoms with Gasteiger partial charge in [0.05, 0.1) is 13.2 Å². The van der Waals surface area contributed by atoms with Crippen LogP contribution in [0.4, 0.5) is 0 Å². The van der Waals surface area contributed by atoms with Gasteiger partial charge < -0.3 is 31.1 Å². The summed E-state index contributed by atoms with van der Waals surface area (Å²) < 4.78 is 21.3. The molecule has 0 saturated carbocycles. The van der Waals surface area contributed by atoms with Gasteiger partial charge in [0.15, 0.2) is 0 Å². The first-order chi connectivity index (χ1) is 8.81. The maximum absolute atomic E-state index is 11.3. The summed E-state index contributed by atoms with van der Waals surface area (Å²) in [4.78, 5) is 0. The Kier molecular flexibility index (Phi) is 15.0. The highest BCUT2D eigenvalue weighted by molar-refractivity contribution is 7.33. The van der Waals surface area contributed by atoms with E-state index in [1.165, 1.54) is 0 Å². The van der Waals surface area contributed by atoms with Crippen molar-refractivity contribution < 1.29 is 13.6 Å². The van der Waals surface area contributed by atoms with Crippen molar-refractivity contribution in [2.24, 2.45) is 11.5 Å². The van der Waals surface area contributed by atoms with Gasteiger partial charge in [0.2, 0.25) is 0 Å². The van der Waals surface area contributed by atoms with Gasteiger partial charge in [-0.15, -0.1) is 0 Å². The summed E-state index contributed by atoms with van der Waals surface area (Å²) in [6, 6.07) is 0. The van der Waals surface area contributed by atoms with Crippen LogP contribution in [0.15, 0.2) is 0 Å². The van der Waals surface area contributed by atoms with Crippen LogP contribution in [0.25, 0.3) is 0 Å². The van der Waals surface area contributed by atoms with Crippen LogP contribution in [0.5, 0.6) is 0 Å². The van der Waals surface area contributed by atoms with Crippen molar-refractivity contribution in [1.29, 1.82) is 0 Å². The van der Waals surface area contributed by atoms with Crippen molar-refractivity contribution in [2.45, 2.75) is 12.8 Å². The normalized spacial score (nSPS) is 11.3. The van der Waals surface area contributed by atoms with E-state index in [2.05, 4.69) is 10.6 Å². The minimum Gasteiger partial charge on any atom is -0.330 e. The van der Waals surface area contributed by atoms with E-state index in [9.17, 15) is 4.57 Å². The van der Waals surface area contributed by atoms with Crippen molar-refractivity contribution in [3.05, 3.63) is 0 Å². The van der Waals surface area contributed by atoms with Crippen molar-refractivity contribution >= 4 is 8.25 Å². The molecule has 0 aliphatic heterocycles. The average molecular weight is 282 g/mol. The molecule has 6 N–H and O–H groups in total. The SMILES string of the molecule is NCCCNCCO[PH](=O)OCCNCCCN. The third kappa shape index (κ3) is 14.1. The van der Waals surface area contributed by atoms with Gasteiger partial charge in [-0.05, 0) is 39.0 Å². The van der Waals surface area contributed by atoms with Crippen molar-refractivity contribution in [1.82, 2.24) is 10.6 Å². The van der Waals surface area contributed by atoms with E-state index in [0.29, 0.717) is 39.4 Å². The molecule has 0 radical (unpaired) electrons. The zero-order valence-electron chi connectivity index (χ0n) is 11.0. The molecule has 8 heteroatoms. The van der Waals surface area contributed by atoms with E-state index >= 15 is 0 Å². The van der Waals surface area contributed by atoms with Crippen molar-refractivity contribution in [2.75, 3.05) is 52.5 Å². The molecule has 0 aromatic heterocycles. The maximum Gasteiger partial charge on any atom is 0.319 e. The molecule has 0 rings (SSSR count). The van der Waals surface area contributed by atoms with Gasteiger partial charge in [-0.1, -0.05) is 0 Å². The van der Waals surface area contributed by atoms with Gasteiger partial charge in [0.1, 0.15) is 0 Å². The number of rotatable bonds is 14. The Morgan fingerprint density at radius 3 is 1.67 bits per heavy atom. The first-order valence-electron chi connectivity index (χ1n) is 6.42. The second-order valence-electron chi connectivity index (χ2n) is 3.73. The fourth-order valence-corrected chi connectivity index (χ4v) is 1.78. The molecule has 0 bridgehead atoms. The topological polar surface area (TPSA) is 112 Å². The maximum atomic E-state index is 11.3. The number of hydrogen-bond donors (Lipinski definition) is 4. The molecule has 7 nitrogen and oxygen atoms in total. The highest BCUT2D eigenvalue weighted by Crippen LogP contribution is 2.22. The quantitative estimate of drug-likeness (QED) is 0.246. The van der Waals surface area contributed by atoms with E-state index in [-0.39, 0.29) is 0 Å². The molecule has 110 valence electrons. The van der Waals surface area contributed by atoms with Gasteiger partial charge in [-0.3, -0.25) is 4.57 Å². The molecule has 0 atom stereocenters. The molecule has 0 heterocycles. The minimum absolute atomic E-state index is 0.392. The van der Waals surface area contributed by atoms with E-state index in [4.69, 9.17) is 20.5 Å². The fourth-order valence-electron chi connectivity index (χ4n) is 1.16. The lowest BCUT2D eigenvalue weighted by Crippen LogP contribution is -2.22. The number of nitrogens with two attached hydrogens (primary N) is 2. The van der Waals surface area contributed by atoms with Crippen LogP contribution in [-0.2, 0) is 13.6 Å². The van der Waals surface area contributed by atoms with Crippen LogP contribution in [0, 0.1) is 0 Å². The molecule has 0 aliphatic rings. The molecule has 0 saturated heterocycles. The third-order valence-corrected chi connectivity index (χ3v) is 2.99. The molecule has 0 aromatic rings. The second kappa shape index (κ2) is 15.0. The summed E-state index contributed by atoms with van der Waals surface area (Å²) in [5, 5.41) is 6.25. The van der Waals surface area contributed by atoms with Crippen LogP contribution in [0.2, 0.25) is 0 Å². The molecule has 18 heavy (non-hydrogen) atoms. The Balaban J connectivity index is 3.12. The second-order valence-corrected chi connectivity index (χ2v) is 4.81. The Bertz CT molecular complexity index is 180. The highest BCUT2D eigenvalue weighted by atomic mass is 31.1. The molecular formula is C10H27N4O3P. The lowest BCUT2D eigenvalue weighted by atomic mass is 10.4. The molecule has 0 fully saturated rings. The van der Waals surface area contributed by atoms with Gasteiger partial charge in [-0.2, -0.15) is 0 Å². The van der Waals surface area contributed by atoms with Gasteiger partial charge >= 0.3 is 8.25 Å². The van der Waals surface area contributed by atoms with E-state index in [0.717, 1.165) is 25.9 Å². The zero-order chi connectivity index (χ0) is 13.5. The third-order valence-electron chi connectivity index (χ3n) is 2.11. The van der Waals surface area contributed by atoms with Crippen LogP contribution in [0.3, 0.4) is 0 Å². The van der Waals surface area contributed by atoms with E-state index < -0.39 is 8.25 Å². The van der Waals surface area contributed by atoms with Crippen molar-refractivity contribution in [3.63, 3.8) is 0 Å². The zero-order valence-corrected chi connectivity index (χ0v) is 12.0. The molecule has 0 amide bonds. The Hall–Kier alpha value is -0.0100. The van der Waals surface area contributed by atoms with Gasteiger partial charge in [-0.25, -0.2) is 0 Å². The summed E-state index contributed by atoms with van der Waals surface area (Å²) >= 11 is 0. The molecule has 0 aliphatic carbocycles. The lowest BCUT2D eigenvalue weighted by molar-refractivity contribution is 0.226. The summed E-state index contributed by atoms with van der Waals surface area (Å²) in [7, 11) is -2.35. The Labute approximate surface area is 110 Å². The van der Waals surface area contributed by atoms with Crippen LogP contribution in [0.1, 0.15) is 12.8 Å². The number of nitrogens with one attached hydrogen (secondary N) is 2. The average Bonchev–Trinajstić information content (AvgIpc) is 2.38. The van der Waals surface area contributed by atoms with Crippen LogP contribution >= 0.6 is 8.25 Å². The van der Waals surface area contributed by atoms with E-state index in [1.54, 1.807) is 0 Å². The summed E-state index contributed by atoms with van der Waals surface area (Å²) in [5.41, 5.74) is 10.7. The summed E-state index contributed by atoms with van der Waals surface area (Å²) in [6.45, 7) is 5.16. The first kappa shape index (κ1) is 18.0. The van der Waals surface area contributed by atoms with Crippen molar-refractivity contribution in [3.8, 4) is 0 Å². The molecule has 0 spiro atoms. The highest BCUT2D eigenvalue weighted by Gasteiger charge is 1.98. The standard InChI is InChI=1S/C10H27N4O3P/c11-3-1-5-13-7-9-16-18(15)17-10-8-14-6-2-4-12/h13-14,18H,1-12H2. The van der Waals surface area contributed by atoms with Crippen LogP contribution < -0.4 is 22.1 Å². The predicted octanol–water partition coefficient (Wildman–Crippen LogP) is -0.714. The predicted molar refractivity (Wildman–Crippen MR) is 74.0 cm³/mol. The van der Waals surface area contributed by atoms with Gasteiger partial charge in [0.25, 0.3) is 0 Å². The largest absolute Gasteiger partial charge is 0.330 e. The van der Waals surface area contributed by atoms with E-state index in [1.807, 2.05) is 0 Å². The molecule has 0 unspecified atom stereocenters. The summed E-state index contributed by atoms with van der Waals surface area (Å²) in [5.74, 6) is 0. The minimum atomic E-state index is -2.35. The monoisotopic (exact) mass is 282 g/mol. The number of hydrogen-bond acceptors (Lipinski definition) is 7. The van der Waals surface area contributed by atoms with Crippen LogP contribution in [-0.4, -0.2) is 52.5 Å². The molecule has 0 aromatic carbocycles. The smallest absolute Gasteiger partial charge is 0.319 e. The summed E-state index contributed by atoms with van der Waals surface area (Å²) in [6.07, 6.45) is 1.86. The fraction of sp³-hybridized carbons (Fsp3) is 1.00. The lowest BCUT2D eigenvalue weighted by Gasteiger charge is -2.07. The Morgan fingerprint density at radius 1 is 0.833 bits per heavy atom. The Morgan fingerprint density at radius 2 is 1.28 bits per heavy atom.